The highest BCUT2D eigenvalue weighted by Gasteiger charge is 2.25. The second kappa shape index (κ2) is 9.26. The lowest BCUT2D eigenvalue weighted by Crippen LogP contribution is -2.36. The molecule has 1 aliphatic rings. The normalized spacial score (nSPS) is 12.2. The highest BCUT2D eigenvalue weighted by Crippen LogP contribution is 2.39. The van der Waals surface area contributed by atoms with Gasteiger partial charge in [-0.2, -0.15) is 0 Å². The Hall–Kier alpha value is -2.26. The van der Waals surface area contributed by atoms with Gasteiger partial charge >= 0.3 is 0 Å². The molecule has 1 aromatic heterocycles. The third-order valence-corrected chi connectivity index (χ3v) is 6.07. The van der Waals surface area contributed by atoms with E-state index in [9.17, 15) is 4.79 Å². The van der Waals surface area contributed by atoms with E-state index >= 15 is 0 Å². The summed E-state index contributed by atoms with van der Waals surface area (Å²) >= 11 is 7.73. The van der Waals surface area contributed by atoms with Gasteiger partial charge in [0.1, 0.15) is 11.3 Å². The fourth-order valence-corrected chi connectivity index (χ4v) is 4.27. The smallest absolute Gasteiger partial charge is 0.260 e. The number of fused-ring (bicyclic) bond motifs is 2. The lowest BCUT2D eigenvalue weighted by molar-refractivity contribution is 0.0984. The zero-order valence-corrected chi connectivity index (χ0v) is 19.1. The van der Waals surface area contributed by atoms with E-state index < -0.39 is 0 Å². The lowest BCUT2D eigenvalue weighted by atomic mass is 10.2. The second-order valence-corrected chi connectivity index (χ2v) is 8.14. The van der Waals surface area contributed by atoms with Crippen LogP contribution in [0.25, 0.3) is 10.2 Å². The maximum absolute atomic E-state index is 13.4. The largest absolute Gasteiger partial charge is 0.494 e. The summed E-state index contributed by atoms with van der Waals surface area (Å²) in [5.41, 5.74) is 1.15. The Morgan fingerprint density at radius 3 is 2.70 bits per heavy atom. The van der Waals surface area contributed by atoms with Crippen molar-refractivity contribution in [3.8, 4) is 17.2 Å². The average Bonchev–Trinajstić information content (AvgIpc) is 3.35. The predicted octanol–water partition coefficient (Wildman–Crippen LogP) is 4.32. The van der Waals surface area contributed by atoms with E-state index in [4.69, 9.17) is 25.8 Å². The number of halogens is 2. The van der Waals surface area contributed by atoms with Crippen LogP contribution in [0.3, 0.4) is 0 Å². The summed E-state index contributed by atoms with van der Waals surface area (Å²) in [4.78, 5) is 21.7. The molecule has 160 valence electrons. The number of rotatable bonds is 6. The molecule has 1 aliphatic heterocycles. The zero-order chi connectivity index (χ0) is 20.5. The zero-order valence-electron chi connectivity index (χ0n) is 16.7. The van der Waals surface area contributed by atoms with E-state index in [-0.39, 0.29) is 25.1 Å². The number of carbonyl (C=O) groups is 1. The molecule has 7 nitrogen and oxygen atoms in total. The van der Waals surface area contributed by atoms with E-state index in [1.54, 1.807) is 42.3 Å². The Kier molecular flexibility index (Phi) is 6.92. The van der Waals surface area contributed by atoms with Crippen molar-refractivity contribution in [3.63, 3.8) is 0 Å². The molecular formula is C20H21Cl2N3O4S. The Bertz CT molecular complexity index is 1070. The van der Waals surface area contributed by atoms with Crippen LogP contribution in [-0.2, 0) is 0 Å². The average molecular weight is 470 g/mol. The number of likely N-dealkylation sites (N-methyl/N-ethyl adjacent to an activating group) is 1. The first-order chi connectivity index (χ1) is 14.0. The first-order valence-corrected chi connectivity index (χ1v) is 10.2. The third-order valence-electron chi connectivity index (χ3n) is 4.53. The van der Waals surface area contributed by atoms with E-state index in [0.29, 0.717) is 51.6 Å². The molecule has 0 N–H and O–H groups in total. The van der Waals surface area contributed by atoms with Crippen LogP contribution in [0.5, 0.6) is 17.2 Å². The standard InChI is InChI=1S/C20H20ClN3O4S.ClH/c1-23(2)8-9-24(19(25)12-4-6-14-16(10-12)28-11-27-14)20-22-17-15(26-3)7-5-13(21)18(17)29-20;/h4-7,10H,8-9,11H2,1-3H3;1H. The summed E-state index contributed by atoms with van der Waals surface area (Å²) in [7, 11) is 5.51. The fraction of sp³-hybridized carbons (Fsp3) is 0.300. The fourth-order valence-electron chi connectivity index (χ4n) is 2.99. The first-order valence-electron chi connectivity index (χ1n) is 8.97. The van der Waals surface area contributed by atoms with Gasteiger partial charge in [-0.3, -0.25) is 9.69 Å². The van der Waals surface area contributed by atoms with Gasteiger partial charge in [0.2, 0.25) is 6.79 Å². The number of nitrogens with zero attached hydrogens (tertiary/aromatic N) is 3. The molecule has 0 bridgehead atoms. The van der Waals surface area contributed by atoms with E-state index in [1.165, 1.54) is 11.3 Å². The Morgan fingerprint density at radius 1 is 1.20 bits per heavy atom. The van der Waals surface area contributed by atoms with E-state index in [1.807, 2.05) is 19.0 Å². The highest BCUT2D eigenvalue weighted by atomic mass is 35.5. The Labute approximate surface area is 189 Å². The molecule has 0 atom stereocenters. The Balaban J connectivity index is 0.00000256. The molecule has 0 saturated carbocycles. The maximum atomic E-state index is 13.4. The van der Waals surface area contributed by atoms with Crippen molar-refractivity contribution in [2.45, 2.75) is 0 Å². The number of methoxy groups -OCH3 is 1. The monoisotopic (exact) mass is 469 g/mol. The van der Waals surface area contributed by atoms with Crippen molar-refractivity contribution in [2.24, 2.45) is 0 Å². The first kappa shape index (κ1) is 22.4. The summed E-state index contributed by atoms with van der Waals surface area (Å²) < 4.78 is 17.0. The van der Waals surface area contributed by atoms with Crippen molar-refractivity contribution in [2.75, 3.05) is 46.0 Å². The SMILES string of the molecule is COc1ccc(Cl)c2sc(N(CCN(C)C)C(=O)c3ccc4c(c3)OCO4)nc12.Cl. The lowest BCUT2D eigenvalue weighted by Gasteiger charge is -2.22. The van der Waals surface area contributed by atoms with Crippen LogP contribution >= 0.6 is 35.3 Å². The van der Waals surface area contributed by atoms with Gasteiger partial charge in [0, 0.05) is 18.7 Å². The molecule has 0 aliphatic carbocycles. The van der Waals surface area contributed by atoms with Gasteiger partial charge in [-0.15, -0.1) is 12.4 Å². The summed E-state index contributed by atoms with van der Waals surface area (Å²) in [6.45, 7) is 1.31. The topological polar surface area (TPSA) is 64.1 Å². The molecule has 1 amide bonds. The maximum Gasteiger partial charge on any atom is 0.260 e. The number of thiazole rings is 1. The number of hydrogen-bond acceptors (Lipinski definition) is 7. The molecular weight excluding hydrogens is 449 g/mol. The quantitative estimate of drug-likeness (QED) is 0.535. The highest BCUT2D eigenvalue weighted by molar-refractivity contribution is 7.23. The van der Waals surface area contributed by atoms with E-state index in [2.05, 4.69) is 4.98 Å². The van der Waals surface area contributed by atoms with Crippen LogP contribution in [0, 0.1) is 0 Å². The molecule has 0 radical (unpaired) electrons. The molecule has 0 spiro atoms. The number of anilines is 1. The molecule has 2 heterocycles. The minimum atomic E-state index is -0.167. The minimum absolute atomic E-state index is 0. The van der Waals surface area contributed by atoms with Gasteiger partial charge in [0.05, 0.1) is 16.8 Å². The molecule has 0 fully saturated rings. The van der Waals surface area contributed by atoms with Gasteiger partial charge in [0.15, 0.2) is 16.6 Å². The van der Waals surface area contributed by atoms with Crippen LogP contribution in [0.2, 0.25) is 5.02 Å². The number of carbonyl (C=O) groups excluding carboxylic acids is 1. The number of hydrogen-bond donors (Lipinski definition) is 0. The summed E-state index contributed by atoms with van der Waals surface area (Å²) in [6.07, 6.45) is 0. The molecule has 30 heavy (non-hydrogen) atoms. The number of aromatic nitrogens is 1. The molecule has 3 aromatic rings. The molecule has 2 aromatic carbocycles. The minimum Gasteiger partial charge on any atom is -0.494 e. The van der Waals surface area contributed by atoms with Gasteiger partial charge < -0.3 is 19.1 Å². The summed E-state index contributed by atoms with van der Waals surface area (Å²) in [5.74, 6) is 1.66. The number of benzene rings is 2. The van der Waals surface area contributed by atoms with Crippen molar-refractivity contribution in [1.82, 2.24) is 9.88 Å². The molecule has 0 saturated heterocycles. The van der Waals surface area contributed by atoms with Crippen LogP contribution in [-0.4, -0.2) is 56.9 Å². The van der Waals surface area contributed by atoms with Crippen LogP contribution in [0.1, 0.15) is 10.4 Å². The van der Waals surface area contributed by atoms with Gasteiger partial charge in [0.25, 0.3) is 5.91 Å². The van der Waals surface area contributed by atoms with Gasteiger partial charge in [-0.05, 0) is 44.4 Å². The second-order valence-electron chi connectivity index (χ2n) is 6.75. The van der Waals surface area contributed by atoms with Crippen LogP contribution in [0.15, 0.2) is 30.3 Å². The number of amides is 1. The summed E-state index contributed by atoms with van der Waals surface area (Å²) in [6, 6.07) is 8.73. The van der Waals surface area contributed by atoms with E-state index in [0.717, 1.165) is 4.70 Å². The van der Waals surface area contributed by atoms with Crippen molar-refractivity contribution < 1.29 is 19.0 Å². The molecule has 0 unspecified atom stereocenters. The van der Waals surface area contributed by atoms with Gasteiger partial charge in [-0.25, -0.2) is 4.98 Å². The molecule has 4 rings (SSSR count). The molecule has 10 heteroatoms. The summed E-state index contributed by atoms with van der Waals surface area (Å²) in [5, 5.41) is 1.14. The van der Waals surface area contributed by atoms with Crippen LogP contribution < -0.4 is 19.1 Å². The van der Waals surface area contributed by atoms with Crippen LogP contribution in [0.4, 0.5) is 5.13 Å². The van der Waals surface area contributed by atoms with Gasteiger partial charge in [-0.1, -0.05) is 22.9 Å². The van der Waals surface area contributed by atoms with Crippen molar-refractivity contribution in [3.05, 3.63) is 40.9 Å². The predicted molar refractivity (Wildman–Crippen MR) is 121 cm³/mol. The van der Waals surface area contributed by atoms with Crippen molar-refractivity contribution in [1.29, 1.82) is 0 Å². The Morgan fingerprint density at radius 2 is 1.97 bits per heavy atom. The number of ether oxygens (including phenoxy) is 3. The van der Waals surface area contributed by atoms with Crippen molar-refractivity contribution >= 4 is 56.6 Å². The third kappa shape index (κ3) is 4.27.